The minimum absolute atomic E-state index is 0.0841. The summed E-state index contributed by atoms with van der Waals surface area (Å²) in [6, 6.07) is 24.6. The largest absolute Gasteiger partial charge is 0.357 e. The molecule has 0 fully saturated rings. The van der Waals surface area contributed by atoms with E-state index in [0.717, 1.165) is 24.2 Å². The molecule has 30 heavy (non-hydrogen) atoms. The van der Waals surface area contributed by atoms with Gasteiger partial charge in [-0.3, -0.25) is 9.69 Å². The number of carbonyl (C=O) groups excluding carboxylic acids is 1. The van der Waals surface area contributed by atoms with Crippen LogP contribution in [-0.2, 0) is 6.42 Å². The third-order valence-corrected chi connectivity index (χ3v) is 6.04. The van der Waals surface area contributed by atoms with Crippen LogP contribution in [0.5, 0.6) is 0 Å². The number of amides is 1. The van der Waals surface area contributed by atoms with E-state index in [1.807, 2.05) is 43.3 Å². The molecule has 0 saturated carbocycles. The van der Waals surface area contributed by atoms with Crippen molar-refractivity contribution in [1.82, 2.24) is 9.88 Å². The molecule has 1 amide bonds. The van der Waals surface area contributed by atoms with Crippen LogP contribution < -0.4 is 5.32 Å². The number of H-pyrrole nitrogens is 1. The van der Waals surface area contributed by atoms with Gasteiger partial charge in [0.25, 0.3) is 5.91 Å². The number of hydrogen-bond donors (Lipinski definition) is 2. The average Bonchev–Trinajstić information content (AvgIpc) is 3.13. The highest BCUT2D eigenvalue weighted by atomic mass is 16.1. The van der Waals surface area contributed by atoms with Gasteiger partial charge in [-0.25, -0.2) is 0 Å². The highest BCUT2D eigenvalue weighted by Crippen LogP contribution is 2.37. The molecule has 1 atom stereocenters. The number of aryl methyl sites for hydroxylation is 1. The number of fused-ring (bicyclic) bond motifs is 3. The van der Waals surface area contributed by atoms with Crippen LogP contribution in [0.1, 0.15) is 38.8 Å². The molecular weight excluding hydrogens is 370 g/mol. The molecule has 1 aromatic heterocycles. The molecule has 1 aliphatic rings. The standard InChI is InChI=1S/C26H25N3O/c1-17-6-5-7-19(16-17)26(30)27-20-12-10-18(11-13-20)25-24-22(14-15-29(25)2)21-8-3-4-9-23(21)28-24/h3-13,16,25,28H,14-15H2,1-2H3,(H,27,30). The number of benzene rings is 3. The first kappa shape index (κ1) is 18.6. The molecule has 4 heteroatoms. The van der Waals surface area contributed by atoms with Gasteiger partial charge in [-0.1, -0.05) is 48.0 Å². The minimum Gasteiger partial charge on any atom is -0.357 e. The molecular formula is C26H25N3O. The molecule has 3 aromatic carbocycles. The van der Waals surface area contributed by atoms with E-state index in [-0.39, 0.29) is 11.9 Å². The third-order valence-electron chi connectivity index (χ3n) is 6.04. The first-order chi connectivity index (χ1) is 14.6. The topological polar surface area (TPSA) is 48.1 Å². The predicted octanol–water partition coefficient (Wildman–Crippen LogP) is 5.31. The molecule has 0 bridgehead atoms. The van der Waals surface area contributed by atoms with Gasteiger partial charge >= 0.3 is 0 Å². The lowest BCUT2D eigenvalue weighted by Gasteiger charge is -2.33. The van der Waals surface area contributed by atoms with Gasteiger partial charge in [0.15, 0.2) is 0 Å². The van der Waals surface area contributed by atoms with Crippen LogP contribution in [0, 0.1) is 6.92 Å². The number of hydrogen-bond acceptors (Lipinski definition) is 2. The highest BCUT2D eigenvalue weighted by Gasteiger charge is 2.29. The molecule has 4 aromatic rings. The monoisotopic (exact) mass is 395 g/mol. The summed E-state index contributed by atoms with van der Waals surface area (Å²) in [5.74, 6) is -0.0841. The lowest BCUT2D eigenvalue weighted by Crippen LogP contribution is -2.32. The van der Waals surface area contributed by atoms with E-state index < -0.39 is 0 Å². The van der Waals surface area contributed by atoms with Gasteiger partial charge in [0.2, 0.25) is 0 Å². The summed E-state index contributed by atoms with van der Waals surface area (Å²) in [4.78, 5) is 18.6. The fourth-order valence-corrected chi connectivity index (χ4v) is 4.52. The average molecular weight is 396 g/mol. The molecule has 0 spiro atoms. The zero-order valence-corrected chi connectivity index (χ0v) is 17.3. The summed E-state index contributed by atoms with van der Waals surface area (Å²) in [5.41, 5.74) is 7.68. The Morgan fingerprint density at radius 1 is 1.03 bits per heavy atom. The normalized spacial score (nSPS) is 16.4. The van der Waals surface area contributed by atoms with Crippen LogP contribution in [0.25, 0.3) is 10.9 Å². The fraction of sp³-hybridized carbons (Fsp3) is 0.192. The van der Waals surface area contributed by atoms with Crippen molar-refractivity contribution < 1.29 is 4.79 Å². The van der Waals surface area contributed by atoms with E-state index in [9.17, 15) is 4.79 Å². The van der Waals surface area contributed by atoms with Crippen molar-refractivity contribution in [2.75, 3.05) is 18.9 Å². The Morgan fingerprint density at radius 3 is 2.63 bits per heavy atom. The van der Waals surface area contributed by atoms with Crippen LogP contribution in [0.3, 0.4) is 0 Å². The molecule has 2 heterocycles. The number of rotatable bonds is 3. The maximum absolute atomic E-state index is 12.5. The van der Waals surface area contributed by atoms with Crippen LogP contribution in [-0.4, -0.2) is 29.4 Å². The van der Waals surface area contributed by atoms with E-state index in [1.54, 1.807) is 0 Å². The smallest absolute Gasteiger partial charge is 0.255 e. The number of aromatic amines is 1. The number of nitrogens with zero attached hydrogens (tertiary/aromatic N) is 1. The first-order valence-electron chi connectivity index (χ1n) is 10.4. The lowest BCUT2D eigenvalue weighted by atomic mass is 9.93. The number of carbonyl (C=O) groups is 1. The second-order valence-electron chi connectivity index (χ2n) is 8.14. The molecule has 0 aliphatic carbocycles. The SMILES string of the molecule is Cc1cccc(C(=O)Nc2ccc(C3c4[nH]c5ccccc5c4CCN3C)cc2)c1. The van der Waals surface area contributed by atoms with Gasteiger partial charge in [-0.05, 0) is 61.9 Å². The quantitative estimate of drug-likeness (QED) is 0.494. The van der Waals surface area contributed by atoms with Crippen molar-refractivity contribution in [3.63, 3.8) is 0 Å². The van der Waals surface area contributed by atoms with E-state index in [1.165, 1.54) is 27.7 Å². The Hall–Kier alpha value is -3.37. The Morgan fingerprint density at radius 2 is 1.83 bits per heavy atom. The van der Waals surface area contributed by atoms with Crippen LogP contribution >= 0.6 is 0 Å². The summed E-state index contributed by atoms with van der Waals surface area (Å²) in [7, 11) is 2.17. The van der Waals surface area contributed by atoms with E-state index in [2.05, 4.69) is 58.6 Å². The van der Waals surface area contributed by atoms with Crippen molar-refractivity contribution in [3.05, 3.63) is 101 Å². The highest BCUT2D eigenvalue weighted by molar-refractivity contribution is 6.04. The fourth-order valence-electron chi connectivity index (χ4n) is 4.52. The predicted molar refractivity (Wildman–Crippen MR) is 122 cm³/mol. The van der Waals surface area contributed by atoms with Crippen LogP contribution in [0.2, 0.25) is 0 Å². The van der Waals surface area contributed by atoms with Crippen molar-refractivity contribution in [1.29, 1.82) is 0 Å². The minimum atomic E-state index is -0.0841. The molecule has 5 rings (SSSR count). The summed E-state index contributed by atoms with van der Waals surface area (Å²) in [5, 5.41) is 4.33. The van der Waals surface area contributed by atoms with Gasteiger partial charge in [0.1, 0.15) is 0 Å². The van der Waals surface area contributed by atoms with Crippen molar-refractivity contribution in [2.24, 2.45) is 0 Å². The van der Waals surface area contributed by atoms with Crippen molar-refractivity contribution in [2.45, 2.75) is 19.4 Å². The molecule has 4 nitrogen and oxygen atoms in total. The maximum Gasteiger partial charge on any atom is 0.255 e. The Kier molecular flexibility index (Phi) is 4.64. The maximum atomic E-state index is 12.5. The van der Waals surface area contributed by atoms with Gasteiger partial charge < -0.3 is 10.3 Å². The summed E-state index contributed by atoms with van der Waals surface area (Å²) in [6.45, 7) is 3.01. The number of anilines is 1. The Bertz CT molecular complexity index is 1220. The van der Waals surface area contributed by atoms with Gasteiger partial charge in [0.05, 0.1) is 6.04 Å². The molecule has 0 saturated heterocycles. The van der Waals surface area contributed by atoms with Crippen LogP contribution in [0.4, 0.5) is 5.69 Å². The summed E-state index contributed by atoms with van der Waals surface area (Å²) in [6.07, 6.45) is 1.05. The third kappa shape index (κ3) is 3.29. The first-order valence-corrected chi connectivity index (χ1v) is 10.4. The summed E-state index contributed by atoms with van der Waals surface area (Å²) >= 11 is 0. The Balaban J connectivity index is 1.42. The second kappa shape index (κ2) is 7.47. The van der Waals surface area contributed by atoms with Gasteiger partial charge in [0, 0.05) is 34.4 Å². The van der Waals surface area contributed by atoms with Crippen LogP contribution in [0.15, 0.2) is 72.8 Å². The van der Waals surface area contributed by atoms with Gasteiger partial charge in [-0.15, -0.1) is 0 Å². The van der Waals surface area contributed by atoms with E-state index >= 15 is 0 Å². The Labute approximate surface area is 176 Å². The van der Waals surface area contributed by atoms with Crippen molar-refractivity contribution >= 4 is 22.5 Å². The number of para-hydroxylation sites is 1. The zero-order chi connectivity index (χ0) is 20.7. The molecule has 2 N–H and O–H groups in total. The zero-order valence-electron chi connectivity index (χ0n) is 17.3. The van der Waals surface area contributed by atoms with E-state index in [4.69, 9.17) is 0 Å². The molecule has 1 unspecified atom stereocenters. The molecule has 150 valence electrons. The molecule has 0 radical (unpaired) electrons. The number of nitrogens with one attached hydrogen (secondary N) is 2. The van der Waals surface area contributed by atoms with E-state index in [0.29, 0.717) is 5.56 Å². The summed E-state index contributed by atoms with van der Waals surface area (Å²) < 4.78 is 0. The van der Waals surface area contributed by atoms with Gasteiger partial charge in [-0.2, -0.15) is 0 Å². The molecule has 1 aliphatic heterocycles. The lowest BCUT2D eigenvalue weighted by molar-refractivity contribution is 0.102. The number of aromatic nitrogens is 1. The second-order valence-corrected chi connectivity index (χ2v) is 8.14. The number of likely N-dealkylation sites (N-methyl/N-ethyl adjacent to an activating group) is 1. The van der Waals surface area contributed by atoms with Crippen molar-refractivity contribution in [3.8, 4) is 0 Å².